The maximum absolute atomic E-state index is 11.5. The van der Waals surface area contributed by atoms with E-state index in [0.29, 0.717) is 22.3 Å². The lowest BCUT2D eigenvalue weighted by Crippen LogP contribution is -2.16. The monoisotopic (exact) mass is 292 g/mol. The van der Waals surface area contributed by atoms with Gasteiger partial charge in [0, 0.05) is 10.2 Å². The summed E-state index contributed by atoms with van der Waals surface area (Å²) in [6, 6.07) is 4.94. The van der Waals surface area contributed by atoms with Crippen LogP contribution in [-0.4, -0.2) is 14.2 Å². The third kappa shape index (κ3) is 3.71. The maximum atomic E-state index is 11.5. The van der Waals surface area contributed by atoms with Gasteiger partial charge in [-0.3, -0.25) is 4.72 Å². The third-order valence-corrected chi connectivity index (χ3v) is 3.86. The molecule has 0 radical (unpaired) electrons. The molecule has 1 rings (SSSR count). The number of halogens is 1. The molecule has 0 aliphatic rings. The van der Waals surface area contributed by atoms with Gasteiger partial charge in [-0.2, -0.15) is 0 Å². The molecule has 15 heavy (non-hydrogen) atoms. The predicted molar refractivity (Wildman–Crippen MR) is 66.3 cm³/mol. The smallest absolute Gasteiger partial charge is 0.232 e. The van der Waals surface area contributed by atoms with Crippen molar-refractivity contribution in [3.05, 3.63) is 22.7 Å². The second-order valence-corrected chi connectivity index (χ2v) is 5.86. The summed E-state index contributed by atoms with van der Waals surface area (Å²) in [5, 5.41) is 0. The molecule has 1 aromatic carbocycles. The summed E-state index contributed by atoms with van der Waals surface area (Å²) in [6.07, 6.45) is 0.585. The molecule has 0 unspecified atom stereocenters. The second kappa shape index (κ2) is 4.85. The van der Waals surface area contributed by atoms with Gasteiger partial charge in [0.25, 0.3) is 0 Å². The van der Waals surface area contributed by atoms with E-state index >= 15 is 0 Å². The molecule has 0 amide bonds. The van der Waals surface area contributed by atoms with Crippen molar-refractivity contribution in [2.45, 2.75) is 13.3 Å². The Hall–Kier alpha value is -0.750. The van der Waals surface area contributed by atoms with E-state index < -0.39 is 10.0 Å². The van der Waals surface area contributed by atoms with E-state index in [4.69, 9.17) is 5.73 Å². The molecule has 0 heterocycles. The van der Waals surface area contributed by atoms with Gasteiger partial charge in [-0.25, -0.2) is 8.42 Å². The Morgan fingerprint density at radius 3 is 2.67 bits per heavy atom. The van der Waals surface area contributed by atoms with Crippen molar-refractivity contribution >= 4 is 37.3 Å². The molecule has 0 saturated heterocycles. The molecule has 0 aromatic heterocycles. The largest absolute Gasteiger partial charge is 0.399 e. The van der Waals surface area contributed by atoms with E-state index in [0.717, 1.165) is 0 Å². The zero-order valence-corrected chi connectivity index (χ0v) is 10.7. The first-order valence-electron chi connectivity index (χ1n) is 4.50. The molecule has 1 aromatic rings. The molecule has 0 aliphatic heterocycles. The van der Waals surface area contributed by atoms with Crippen LogP contribution in [0.3, 0.4) is 0 Å². The summed E-state index contributed by atoms with van der Waals surface area (Å²) >= 11 is 3.24. The Kier molecular flexibility index (Phi) is 3.98. The number of nitrogen functional groups attached to an aromatic ring is 1. The molecular weight excluding hydrogens is 280 g/mol. The molecule has 3 N–H and O–H groups in total. The lowest BCUT2D eigenvalue weighted by molar-refractivity contribution is 0.600. The van der Waals surface area contributed by atoms with Gasteiger partial charge in [-0.15, -0.1) is 0 Å². The van der Waals surface area contributed by atoms with Crippen LogP contribution in [0.4, 0.5) is 11.4 Å². The normalized spacial score (nSPS) is 11.3. The van der Waals surface area contributed by atoms with Crippen molar-refractivity contribution in [2.75, 3.05) is 16.2 Å². The number of anilines is 2. The van der Waals surface area contributed by atoms with Crippen molar-refractivity contribution in [1.29, 1.82) is 0 Å². The van der Waals surface area contributed by atoms with E-state index in [1.54, 1.807) is 18.2 Å². The highest BCUT2D eigenvalue weighted by Crippen LogP contribution is 2.25. The topological polar surface area (TPSA) is 72.2 Å². The SMILES string of the molecule is CCCS(=O)(=O)Nc1ccc(N)cc1Br. The molecule has 0 bridgehead atoms. The van der Waals surface area contributed by atoms with Crippen LogP contribution in [0.2, 0.25) is 0 Å². The second-order valence-electron chi connectivity index (χ2n) is 3.16. The molecule has 0 aliphatic carbocycles. The molecular formula is C9H13BrN2O2S. The number of sulfonamides is 1. The molecule has 0 atom stereocenters. The van der Waals surface area contributed by atoms with Crippen LogP contribution in [0.1, 0.15) is 13.3 Å². The van der Waals surface area contributed by atoms with E-state index in [1.807, 2.05) is 6.92 Å². The van der Waals surface area contributed by atoms with Gasteiger partial charge in [-0.1, -0.05) is 6.92 Å². The first-order valence-corrected chi connectivity index (χ1v) is 6.94. The maximum Gasteiger partial charge on any atom is 0.232 e. The van der Waals surface area contributed by atoms with Crippen LogP contribution in [0.25, 0.3) is 0 Å². The van der Waals surface area contributed by atoms with Crippen molar-refractivity contribution in [3.63, 3.8) is 0 Å². The summed E-state index contributed by atoms with van der Waals surface area (Å²) in [5.41, 5.74) is 6.64. The summed E-state index contributed by atoms with van der Waals surface area (Å²) in [7, 11) is -3.24. The first kappa shape index (κ1) is 12.3. The van der Waals surface area contributed by atoms with Gasteiger partial charge in [0.15, 0.2) is 0 Å². The number of nitrogens with two attached hydrogens (primary N) is 1. The van der Waals surface area contributed by atoms with Crippen LogP contribution in [0.15, 0.2) is 22.7 Å². The summed E-state index contributed by atoms with van der Waals surface area (Å²) in [5.74, 6) is 0.115. The van der Waals surface area contributed by atoms with E-state index in [9.17, 15) is 8.42 Å². The number of rotatable bonds is 4. The minimum atomic E-state index is -3.24. The highest BCUT2D eigenvalue weighted by Gasteiger charge is 2.10. The Morgan fingerprint density at radius 2 is 2.13 bits per heavy atom. The van der Waals surface area contributed by atoms with Gasteiger partial charge in [0.1, 0.15) is 0 Å². The zero-order chi connectivity index (χ0) is 11.5. The average Bonchev–Trinajstić information content (AvgIpc) is 2.09. The average molecular weight is 293 g/mol. The fourth-order valence-electron chi connectivity index (χ4n) is 1.10. The van der Waals surface area contributed by atoms with E-state index in [2.05, 4.69) is 20.7 Å². The third-order valence-electron chi connectivity index (χ3n) is 1.73. The lowest BCUT2D eigenvalue weighted by Gasteiger charge is -2.09. The fraction of sp³-hybridized carbons (Fsp3) is 0.333. The van der Waals surface area contributed by atoms with Gasteiger partial charge in [0.05, 0.1) is 11.4 Å². The molecule has 0 saturated carbocycles. The fourth-order valence-corrected chi connectivity index (χ4v) is 2.88. The van der Waals surface area contributed by atoms with E-state index in [-0.39, 0.29) is 5.75 Å². The summed E-state index contributed by atoms with van der Waals surface area (Å²) < 4.78 is 26.1. The van der Waals surface area contributed by atoms with Crippen molar-refractivity contribution in [2.24, 2.45) is 0 Å². The molecule has 0 fully saturated rings. The van der Waals surface area contributed by atoms with Crippen LogP contribution < -0.4 is 10.5 Å². The Balaban J connectivity index is 2.90. The molecule has 0 spiro atoms. The van der Waals surface area contributed by atoms with Crippen molar-refractivity contribution in [1.82, 2.24) is 0 Å². The minimum absolute atomic E-state index is 0.115. The molecule has 6 heteroatoms. The first-order chi connectivity index (χ1) is 6.94. The van der Waals surface area contributed by atoms with Crippen molar-refractivity contribution in [3.8, 4) is 0 Å². The van der Waals surface area contributed by atoms with Gasteiger partial charge in [-0.05, 0) is 40.5 Å². The number of hydrogen-bond acceptors (Lipinski definition) is 3. The standard InChI is InChI=1S/C9H13BrN2O2S/c1-2-5-15(13,14)12-9-4-3-7(11)6-8(9)10/h3-4,6,12H,2,5,11H2,1H3. The Bertz CT molecular complexity index is 445. The predicted octanol–water partition coefficient (Wildman–Crippen LogP) is 2.18. The molecule has 4 nitrogen and oxygen atoms in total. The van der Waals surface area contributed by atoms with Gasteiger partial charge in [0.2, 0.25) is 10.0 Å². The highest BCUT2D eigenvalue weighted by atomic mass is 79.9. The molecule has 84 valence electrons. The zero-order valence-electron chi connectivity index (χ0n) is 8.33. The van der Waals surface area contributed by atoms with Crippen LogP contribution in [0.5, 0.6) is 0 Å². The van der Waals surface area contributed by atoms with Gasteiger partial charge < -0.3 is 5.73 Å². The van der Waals surface area contributed by atoms with Gasteiger partial charge >= 0.3 is 0 Å². The quantitative estimate of drug-likeness (QED) is 0.836. The number of nitrogens with one attached hydrogen (secondary N) is 1. The van der Waals surface area contributed by atoms with Crippen LogP contribution >= 0.6 is 15.9 Å². The Morgan fingerprint density at radius 1 is 1.47 bits per heavy atom. The summed E-state index contributed by atoms with van der Waals surface area (Å²) in [6.45, 7) is 1.82. The minimum Gasteiger partial charge on any atom is -0.399 e. The Labute approximate surface area is 98.0 Å². The summed E-state index contributed by atoms with van der Waals surface area (Å²) in [4.78, 5) is 0. The number of benzene rings is 1. The van der Waals surface area contributed by atoms with E-state index in [1.165, 1.54) is 0 Å². The van der Waals surface area contributed by atoms with Crippen LogP contribution in [-0.2, 0) is 10.0 Å². The number of hydrogen-bond donors (Lipinski definition) is 2. The van der Waals surface area contributed by atoms with Crippen LogP contribution in [0, 0.1) is 0 Å². The lowest BCUT2D eigenvalue weighted by atomic mass is 10.3. The van der Waals surface area contributed by atoms with Crippen molar-refractivity contribution < 1.29 is 8.42 Å². The highest BCUT2D eigenvalue weighted by molar-refractivity contribution is 9.10.